The number of esters is 2. The third-order valence-electron chi connectivity index (χ3n) is 12.3. The summed E-state index contributed by atoms with van der Waals surface area (Å²) in [6.07, 6.45) is 27.1. The number of carbonyl (C=O) groups is 2. The summed E-state index contributed by atoms with van der Waals surface area (Å²) in [6, 6.07) is 0. The van der Waals surface area contributed by atoms with Crippen molar-refractivity contribution in [1.82, 2.24) is 0 Å². The molecule has 2 heterocycles. The van der Waals surface area contributed by atoms with E-state index in [2.05, 4.69) is 62.5 Å². The molecule has 0 bridgehead atoms. The summed E-state index contributed by atoms with van der Waals surface area (Å²) in [7, 11) is 0. The second-order valence-electron chi connectivity index (χ2n) is 18.3. The Morgan fingerprint density at radius 3 is 1.44 bits per heavy atom. The molecule has 11 atom stereocenters. The number of carbonyl (C=O) groups excluding carboxylic acids is 2. The van der Waals surface area contributed by atoms with Crippen LogP contribution in [-0.2, 0) is 38.0 Å². The topological polar surface area (TPSA) is 231 Å². The van der Waals surface area contributed by atoms with Gasteiger partial charge < -0.3 is 64.2 Å². The zero-order valence-electron chi connectivity index (χ0n) is 41.6. The molecule has 4 unspecified atom stereocenters. The van der Waals surface area contributed by atoms with Crippen LogP contribution in [0.25, 0.3) is 0 Å². The van der Waals surface area contributed by atoms with E-state index >= 15 is 0 Å². The number of hydrogen-bond acceptors (Lipinski definition) is 15. The molecule has 0 saturated carbocycles. The Labute approximate surface area is 408 Å². The highest BCUT2D eigenvalue weighted by molar-refractivity contribution is 5.70. The Bertz CT molecular complexity index is 1370. The maximum Gasteiger partial charge on any atom is 0.306 e. The summed E-state index contributed by atoms with van der Waals surface area (Å²) in [5.41, 5.74) is 0. The quantitative estimate of drug-likeness (QED) is 0.0179. The van der Waals surface area contributed by atoms with Crippen molar-refractivity contribution in [2.24, 2.45) is 0 Å². The Morgan fingerprint density at radius 1 is 0.471 bits per heavy atom. The van der Waals surface area contributed by atoms with E-state index in [4.69, 9.17) is 28.4 Å². The predicted molar refractivity (Wildman–Crippen MR) is 261 cm³/mol. The van der Waals surface area contributed by atoms with Crippen molar-refractivity contribution in [1.29, 1.82) is 0 Å². The lowest BCUT2D eigenvalue weighted by Crippen LogP contribution is -2.61. The highest BCUT2D eigenvalue weighted by atomic mass is 16.7. The van der Waals surface area contributed by atoms with Crippen LogP contribution in [0, 0.1) is 0 Å². The third kappa shape index (κ3) is 27.7. The smallest absolute Gasteiger partial charge is 0.306 e. The molecule has 2 rings (SSSR count). The summed E-state index contributed by atoms with van der Waals surface area (Å²) < 4.78 is 33.5. The Morgan fingerprint density at radius 2 is 0.882 bits per heavy atom. The van der Waals surface area contributed by atoms with Crippen LogP contribution in [0.2, 0.25) is 0 Å². The van der Waals surface area contributed by atoms with Gasteiger partial charge in [-0.05, 0) is 77.0 Å². The van der Waals surface area contributed by atoms with Gasteiger partial charge in [0.25, 0.3) is 0 Å². The monoisotopic (exact) mass is 969 g/mol. The minimum absolute atomic E-state index is 0.139. The predicted octanol–water partition coefficient (Wildman–Crippen LogP) is 7.49. The molecule has 2 aliphatic heterocycles. The van der Waals surface area contributed by atoms with Gasteiger partial charge in [-0.15, -0.1) is 0 Å². The van der Waals surface area contributed by atoms with Crippen LogP contribution in [0.5, 0.6) is 0 Å². The van der Waals surface area contributed by atoms with E-state index in [1.165, 1.54) is 70.6 Å². The van der Waals surface area contributed by atoms with Crippen molar-refractivity contribution >= 4 is 11.9 Å². The maximum atomic E-state index is 13.0. The van der Waals surface area contributed by atoms with Gasteiger partial charge in [0.1, 0.15) is 55.4 Å². The normalized spacial score (nSPS) is 26.1. The molecular weight excluding hydrogens is 877 g/mol. The molecule has 15 nitrogen and oxygen atoms in total. The van der Waals surface area contributed by atoms with E-state index < -0.39 is 99.3 Å². The molecule has 0 aromatic heterocycles. The number of rotatable bonds is 40. The van der Waals surface area contributed by atoms with E-state index in [0.29, 0.717) is 12.8 Å². The minimum Gasteiger partial charge on any atom is -0.462 e. The first-order valence-electron chi connectivity index (χ1n) is 26.2. The first-order valence-corrected chi connectivity index (χ1v) is 26.2. The first kappa shape index (κ1) is 61.6. The largest absolute Gasteiger partial charge is 0.462 e. The lowest BCUT2D eigenvalue weighted by atomic mass is 9.98. The maximum absolute atomic E-state index is 13.0. The van der Waals surface area contributed by atoms with Gasteiger partial charge in [-0.2, -0.15) is 0 Å². The first-order chi connectivity index (χ1) is 33.0. The van der Waals surface area contributed by atoms with Gasteiger partial charge in [-0.1, -0.05) is 140 Å². The van der Waals surface area contributed by atoms with E-state index in [1.807, 2.05) is 0 Å². The lowest BCUT2D eigenvalue weighted by molar-refractivity contribution is -0.332. The van der Waals surface area contributed by atoms with Crippen molar-refractivity contribution in [2.45, 2.75) is 248 Å². The van der Waals surface area contributed by atoms with Crippen LogP contribution < -0.4 is 0 Å². The summed E-state index contributed by atoms with van der Waals surface area (Å²) in [6.45, 7) is 2.52. The van der Waals surface area contributed by atoms with E-state index in [0.717, 1.165) is 70.6 Å². The van der Waals surface area contributed by atoms with Crippen molar-refractivity contribution in [3.63, 3.8) is 0 Å². The number of allylic oxidation sites excluding steroid dienone is 8. The summed E-state index contributed by atoms with van der Waals surface area (Å²) in [4.78, 5) is 25.8. The molecule has 0 amide bonds. The van der Waals surface area contributed by atoms with Crippen LogP contribution in [0.1, 0.15) is 181 Å². The van der Waals surface area contributed by atoms with Crippen LogP contribution >= 0.6 is 0 Å². The Hall–Kier alpha value is -2.54. The standard InChI is InChI=1S/C53H92O15/c1-3-5-7-9-11-13-15-17-19-20-22-23-25-27-29-31-33-35-44(55)63-38-41(66-45(56)36-34-32-30-28-26-24-21-18-16-14-12-10-8-6-4-2)39-64-52-51(62)49(60)47(58)43(68-52)40-65-53-50(61)48(59)46(57)42(37-54)67-53/h11,13,17,19,22-24,26,41-43,46-54,57-62H,3-10,12,14-16,18,20-21,25,27-40H2,1-2H3/b13-11+,19-17+,23-22+,26-24+/t41-,42+,43+,46-,47-,48?,49?,50?,51?,52+,53+/m0/s1. The van der Waals surface area contributed by atoms with Crippen molar-refractivity contribution in [3.05, 3.63) is 48.6 Å². The van der Waals surface area contributed by atoms with Crippen LogP contribution in [-0.4, -0.2) is 142 Å². The fourth-order valence-corrected chi connectivity index (χ4v) is 7.92. The van der Waals surface area contributed by atoms with Crippen molar-refractivity contribution in [2.75, 3.05) is 26.4 Å². The molecule has 2 aliphatic rings. The van der Waals surface area contributed by atoms with E-state index in [1.54, 1.807) is 0 Å². The van der Waals surface area contributed by atoms with Gasteiger partial charge in [0.2, 0.25) is 0 Å². The molecule has 0 spiro atoms. The van der Waals surface area contributed by atoms with Gasteiger partial charge in [0, 0.05) is 12.8 Å². The van der Waals surface area contributed by atoms with E-state index in [-0.39, 0.29) is 19.4 Å². The Balaban J connectivity index is 1.82. The van der Waals surface area contributed by atoms with Gasteiger partial charge >= 0.3 is 11.9 Å². The van der Waals surface area contributed by atoms with Crippen LogP contribution in [0.4, 0.5) is 0 Å². The summed E-state index contributed by atoms with van der Waals surface area (Å²) >= 11 is 0. The highest BCUT2D eigenvalue weighted by Crippen LogP contribution is 2.26. The SMILES string of the molecule is CCCCC/C=C/C/C=C/C/C=C/CCCCCCC(=O)OC[C@@H](CO[C@@H]1O[C@H](CO[C@@H]2O[C@H](CO)[C@H](O)C(O)C2O)[C@H](O)C(O)C1O)OC(=O)CCCCC/C=C/CCCCCCCCCC. The number of ether oxygens (including phenoxy) is 6. The van der Waals surface area contributed by atoms with E-state index in [9.17, 15) is 45.3 Å². The van der Waals surface area contributed by atoms with Crippen LogP contribution in [0.15, 0.2) is 48.6 Å². The van der Waals surface area contributed by atoms with Gasteiger partial charge in [-0.3, -0.25) is 9.59 Å². The second kappa shape index (κ2) is 40.1. The fraction of sp³-hybridized carbons (Fsp3) is 0.811. The lowest BCUT2D eigenvalue weighted by Gasteiger charge is -2.42. The highest BCUT2D eigenvalue weighted by Gasteiger charge is 2.47. The molecule has 0 aromatic carbocycles. The molecule has 0 radical (unpaired) electrons. The Kier molecular flexibility index (Phi) is 36.3. The zero-order valence-corrected chi connectivity index (χ0v) is 41.6. The molecule has 7 N–H and O–H groups in total. The van der Waals surface area contributed by atoms with Gasteiger partial charge in [0.15, 0.2) is 18.7 Å². The number of aliphatic hydroxyl groups excluding tert-OH is 7. The molecule has 394 valence electrons. The molecule has 0 aliphatic carbocycles. The fourth-order valence-electron chi connectivity index (χ4n) is 7.92. The molecule has 2 saturated heterocycles. The van der Waals surface area contributed by atoms with Gasteiger partial charge in [-0.25, -0.2) is 0 Å². The third-order valence-corrected chi connectivity index (χ3v) is 12.3. The molecule has 68 heavy (non-hydrogen) atoms. The second-order valence-corrected chi connectivity index (χ2v) is 18.3. The number of hydrogen-bond donors (Lipinski definition) is 7. The minimum atomic E-state index is -1.77. The van der Waals surface area contributed by atoms with Crippen LogP contribution in [0.3, 0.4) is 0 Å². The average Bonchev–Trinajstić information content (AvgIpc) is 3.33. The molecular formula is C53H92O15. The average molecular weight is 969 g/mol. The molecule has 2 fully saturated rings. The van der Waals surface area contributed by atoms with Crippen molar-refractivity contribution in [3.8, 4) is 0 Å². The van der Waals surface area contributed by atoms with Gasteiger partial charge in [0.05, 0.1) is 19.8 Å². The molecule has 15 heteroatoms. The van der Waals surface area contributed by atoms with Crippen molar-refractivity contribution < 1.29 is 73.8 Å². The number of unbranched alkanes of at least 4 members (excludes halogenated alkanes) is 18. The zero-order chi connectivity index (χ0) is 49.6. The molecule has 0 aromatic rings. The summed E-state index contributed by atoms with van der Waals surface area (Å²) in [5.74, 6) is -0.969. The number of aliphatic hydroxyl groups is 7. The summed E-state index contributed by atoms with van der Waals surface area (Å²) in [5, 5.41) is 72.1.